The normalized spacial score (nSPS) is 37.1. The van der Waals surface area contributed by atoms with Gasteiger partial charge in [0.2, 0.25) is 0 Å². The summed E-state index contributed by atoms with van der Waals surface area (Å²) in [4.78, 5) is 12.8. The minimum Gasteiger partial charge on any atom is -0.460 e. The molecule has 3 aliphatic rings. The van der Waals surface area contributed by atoms with Crippen LogP contribution in [0.4, 0.5) is 0 Å². The Labute approximate surface area is 188 Å². The SMILES string of the molecule is COC1C(OC(=O)CC(C)(C)COC(C)C)CC[C@]2(CO2)C1[C@@]1(C)O[C@@H]1CC=C(C)C. The Morgan fingerprint density at radius 2 is 1.97 bits per heavy atom. The van der Waals surface area contributed by atoms with Crippen LogP contribution in [0.15, 0.2) is 11.6 Å². The van der Waals surface area contributed by atoms with E-state index in [4.69, 9.17) is 23.7 Å². The number of ether oxygens (including phenoxy) is 5. The summed E-state index contributed by atoms with van der Waals surface area (Å²) in [5.41, 5.74) is 0.485. The van der Waals surface area contributed by atoms with E-state index in [0.717, 1.165) is 25.9 Å². The molecule has 6 atom stereocenters. The molecular weight excluding hydrogens is 396 g/mol. The van der Waals surface area contributed by atoms with E-state index in [2.05, 4.69) is 26.8 Å². The molecule has 2 aliphatic heterocycles. The van der Waals surface area contributed by atoms with Gasteiger partial charge in [0, 0.05) is 7.11 Å². The van der Waals surface area contributed by atoms with E-state index in [0.29, 0.717) is 13.0 Å². The van der Waals surface area contributed by atoms with Crippen molar-refractivity contribution in [3.63, 3.8) is 0 Å². The van der Waals surface area contributed by atoms with Crippen molar-refractivity contribution in [2.45, 2.75) is 110 Å². The van der Waals surface area contributed by atoms with E-state index < -0.39 is 0 Å². The smallest absolute Gasteiger partial charge is 0.306 e. The van der Waals surface area contributed by atoms with Crippen molar-refractivity contribution in [1.29, 1.82) is 0 Å². The number of carbonyl (C=O) groups is 1. The molecule has 0 radical (unpaired) electrons. The molecule has 0 aromatic rings. The van der Waals surface area contributed by atoms with Gasteiger partial charge in [0.25, 0.3) is 0 Å². The van der Waals surface area contributed by atoms with Crippen LogP contribution in [-0.2, 0) is 28.5 Å². The summed E-state index contributed by atoms with van der Waals surface area (Å²) in [7, 11) is 1.71. The molecule has 1 aliphatic carbocycles. The third kappa shape index (κ3) is 5.70. The van der Waals surface area contributed by atoms with Gasteiger partial charge in [-0.2, -0.15) is 0 Å². The number of allylic oxidation sites excluding steroid dienone is 1. The predicted octanol–water partition coefficient (Wildman–Crippen LogP) is 4.45. The second-order valence-electron chi connectivity index (χ2n) is 11.1. The average molecular weight is 439 g/mol. The summed E-state index contributed by atoms with van der Waals surface area (Å²) >= 11 is 0. The van der Waals surface area contributed by atoms with Crippen molar-refractivity contribution in [2.75, 3.05) is 20.3 Å². The van der Waals surface area contributed by atoms with Crippen molar-refractivity contribution < 1.29 is 28.5 Å². The highest BCUT2D eigenvalue weighted by molar-refractivity contribution is 5.70. The van der Waals surface area contributed by atoms with Crippen LogP contribution >= 0.6 is 0 Å². The van der Waals surface area contributed by atoms with Crippen molar-refractivity contribution in [1.82, 2.24) is 0 Å². The van der Waals surface area contributed by atoms with Crippen LogP contribution in [0.25, 0.3) is 0 Å². The van der Waals surface area contributed by atoms with Gasteiger partial charge in [-0.15, -0.1) is 0 Å². The van der Waals surface area contributed by atoms with E-state index >= 15 is 0 Å². The molecule has 1 saturated carbocycles. The van der Waals surface area contributed by atoms with Crippen molar-refractivity contribution >= 4 is 5.97 Å². The topological polar surface area (TPSA) is 69.8 Å². The molecule has 2 heterocycles. The molecule has 6 nitrogen and oxygen atoms in total. The van der Waals surface area contributed by atoms with Gasteiger partial charge >= 0.3 is 5.97 Å². The fraction of sp³-hybridized carbons (Fsp3) is 0.880. The monoisotopic (exact) mass is 438 g/mol. The van der Waals surface area contributed by atoms with Crippen LogP contribution < -0.4 is 0 Å². The number of carbonyl (C=O) groups excluding carboxylic acids is 1. The Bertz CT molecular complexity index is 675. The largest absolute Gasteiger partial charge is 0.460 e. The van der Waals surface area contributed by atoms with Crippen LogP contribution in [-0.4, -0.2) is 61.9 Å². The van der Waals surface area contributed by atoms with Gasteiger partial charge in [-0.25, -0.2) is 0 Å². The first kappa shape index (κ1) is 24.7. The number of methoxy groups -OCH3 is 1. The number of esters is 1. The van der Waals surface area contributed by atoms with Gasteiger partial charge in [0.05, 0.1) is 37.8 Å². The Kier molecular flexibility index (Phi) is 7.27. The highest BCUT2D eigenvalue weighted by Crippen LogP contribution is 2.59. The van der Waals surface area contributed by atoms with Crippen LogP contribution in [0.1, 0.15) is 74.1 Å². The van der Waals surface area contributed by atoms with Gasteiger partial charge in [-0.3, -0.25) is 4.79 Å². The molecular formula is C25H42O6. The summed E-state index contributed by atoms with van der Waals surface area (Å²) < 4.78 is 29.9. The third-order valence-corrected chi connectivity index (χ3v) is 6.95. The molecule has 6 heteroatoms. The predicted molar refractivity (Wildman–Crippen MR) is 119 cm³/mol. The first-order valence-corrected chi connectivity index (χ1v) is 11.7. The van der Waals surface area contributed by atoms with Crippen LogP contribution in [0.2, 0.25) is 0 Å². The van der Waals surface area contributed by atoms with E-state index in [1.165, 1.54) is 5.57 Å². The molecule has 3 fully saturated rings. The fourth-order valence-electron chi connectivity index (χ4n) is 5.11. The molecule has 178 valence electrons. The molecule has 0 N–H and O–H groups in total. The molecule has 3 unspecified atom stereocenters. The lowest BCUT2D eigenvalue weighted by Gasteiger charge is -2.43. The van der Waals surface area contributed by atoms with Crippen molar-refractivity contribution in [3.8, 4) is 0 Å². The Morgan fingerprint density at radius 3 is 2.52 bits per heavy atom. The van der Waals surface area contributed by atoms with E-state index in [9.17, 15) is 4.79 Å². The molecule has 1 spiro atoms. The minimum atomic E-state index is -0.321. The zero-order valence-electron chi connectivity index (χ0n) is 20.7. The summed E-state index contributed by atoms with van der Waals surface area (Å²) in [6, 6.07) is 0. The molecule has 31 heavy (non-hydrogen) atoms. The minimum absolute atomic E-state index is 0.0457. The number of hydrogen-bond acceptors (Lipinski definition) is 6. The lowest BCUT2D eigenvalue weighted by atomic mass is 9.68. The molecule has 0 bridgehead atoms. The standard InChI is InChI=1S/C25H42O6/c1-16(2)9-10-19-24(7,31-19)22-21(27-8)18(11-12-25(22)15-29-25)30-20(26)13-23(5,6)14-28-17(3)4/h9,17-19,21-22H,10-15H2,1-8H3/t18?,19-,21?,22?,24+,25+/m1/s1. The molecule has 0 amide bonds. The lowest BCUT2D eigenvalue weighted by Crippen LogP contribution is -2.55. The Morgan fingerprint density at radius 1 is 1.29 bits per heavy atom. The number of hydrogen-bond donors (Lipinski definition) is 0. The second kappa shape index (κ2) is 9.12. The van der Waals surface area contributed by atoms with Gasteiger partial charge in [-0.1, -0.05) is 25.5 Å². The number of rotatable bonds is 10. The van der Waals surface area contributed by atoms with E-state index in [1.54, 1.807) is 7.11 Å². The van der Waals surface area contributed by atoms with Gasteiger partial charge < -0.3 is 23.7 Å². The maximum Gasteiger partial charge on any atom is 0.306 e. The van der Waals surface area contributed by atoms with E-state index in [1.807, 2.05) is 27.7 Å². The van der Waals surface area contributed by atoms with E-state index in [-0.39, 0.29) is 52.9 Å². The summed E-state index contributed by atoms with van der Waals surface area (Å²) in [6.45, 7) is 15.7. The van der Waals surface area contributed by atoms with Crippen LogP contribution in [0.3, 0.4) is 0 Å². The van der Waals surface area contributed by atoms with Gasteiger partial charge in [0.1, 0.15) is 23.4 Å². The zero-order chi connectivity index (χ0) is 23.0. The fourth-order valence-corrected chi connectivity index (χ4v) is 5.11. The molecule has 2 saturated heterocycles. The number of epoxide rings is 2. The third-order valence-electron chi connectivity index (χ3n) is 6.95. The molecule has 0 aromatic carbocycles. The highest BCUT2D eigenvalue weighted by atomic mass is 16.6. The maximum absolute atomic E-state index is 12.8. The highest BCUT2D eigenvalue weighted by Gasteiger charge is 2.72. The first-order valence-electron chi connectivity index (χ1n) is 11.7. The quantitative estimate of drug-likeness (QED) is 0.285. The van der Waals surface area contributed by atoms with Crippen LogP contribution in [0, 0.1) is 11.3 Å². The van der Waals surface area contributed by atoms with Crippen molar-refractivity contribution in [3.05, 3.63) is 11.6 Å². The first-order chi connectivity index (χ1) is 14.4. The summed E-state index contributed by atoms with van der Waals surface area (Å²) in [5, 5.41) is 0. The summed E-state index contributed by atoms with van der Waals surface area (Å²) in [5.74, 6) is -0.150. The molecule has 3 rings (SSSR count). The molecule has 0 aromatic heterocycles. The van der Waals surface area contributed by atoms with Crippen molar-refractivity contribution in [2.24, 2.45) is 11.3 Å². The maximum atomic E-state index is 12.8. The Balaban J connectivity index is 1.66. The van der Waals surface area contributed by atoms with Gasteiger partial charge in [-0.05, 0) is 59.3 Å². The summed E-state index contributed by atoms with van der Waals surface area (Å²) in [6.07, 6.45) is 4.79. The zero-order valence-corrected chi connectivity index (χ0v) is 20.7. The average Bonchev–Trinajstić information content (AvgIpc) is 3.57. The van der Waals surface area contributed by atoms with Gasteiger partial charge in [0.15, 0.2) is 0 Å². The van der Waals surface area contributed by atoms with Crippen LogP contribution in [0.5, 0.6) is 0 Å². The Hall–Kier alpha value is -0.950. The lowest BCUT2D eigenvalue weighted by molar-refractivity contribution is -0.174. The second-order valence-corrected chi connectivity index (χ2v) is 11.1.